The first-order chi connectivity index (χ1) is 7.31. The van der Waals surface area contributed by atoms with E-state index in [-0.39, 0.29) is 6.04 Å². The molecule has 0 saturated carbocycles. The summed E-state index contributed by atoms with van der Waals surface area (Å²) in [7, 11) is 1.63. The van der Waals surface area contributed by atoms with Gasteiger partial charge in [-0.3, -0.25) is 0 Å². The molecule has 0 aliphatic carbocycles. The standard InChI is InChI=1S/C12H16FNO/c1-15-10-6-4-9(5-7-10)12-11(13)3-2-8-14-12/h4-7,11-12,14H,2-3,8H2,1H3. The lowest BCUT2D eigenvalue weighted by Gasteiger charge is -2.27. The van der Waals surface area contributed by atoms with Crippen LogP contribution in [-0.2, 0) is 0 Å². The van der Waals surface area contributed by atoms with Crippen molar-refractivity contribution in [2.45, 2.75) is 25.1 Å². The number of alkyl halides is 1. The Kier molecular flexibility index (Phi) is 3.21. The summed E-state index contributed by atoms with van der Waals surface area (Å²) in [4.78, 5) is 0. The summed E-state index contributed by atoms with van der Waals surface area (Å²) >= 11 is 0. The minimum absolute atomic E-state index is 0.148. The van der Waals surface area contributed by atoms with Gasteiger partial charge in [-0.05, 0) is 37.1 Å². The Bertz CT molecular complexity index is 312. The zero-order valence-corrected chi connectivity index (χ0v) is 8.87. The van der Waals surface area contributed by atoms with Crippen LogP contribution in [-0.4, -0.2) is 19.8 Å². The lowest BCUT2D eigenvalue weighted by Crippen LogP contribution is -2.35. The van der Waals surface area contributed by atoms with E-state index in [0.29, 0.717) is 6.42 Å². The van der Waals surface area contributed by atoms with E-state index in [1.807, 2.05) is 24.3 Å². The molecule has 1 aliphatic heterocycles. The number of piperidine rings is 1. The van der Waals surface area contributed by atoms with Crippen LogP contribution in [0.3, 0.4) is 0 Å². The number of benzene rings is 1. The van der Waals surface area contributed by atoms with Crippen LogP contribution >= 0.6 is 0 Å². The third-order valence-corrected chi connectivity index (χ3v) is 2.86. The summed E-state index contributed by atoms with van der Waals surface area (Å²) in [6.45, 7) is 0.900. The fourth-order valence-electron chi connectivity index (χ4n) is 1.99. The predicted octanol–water partition coefficient (Wildman–Crippen LogP) is 2.46. The van der Waals surface area contributed by atoms with Crippen molar-refractivity contribution in [2.24, 2.45) is 0 Å². The molecule has 0 amide bonds. The van der Waals surface area contributed by atoms with E-state index in [9.17, 15) is 4.39 Å². The van der Waals surface area contributed by atoms with Crippen LogP contribution < -0.4 is 10.1 Å². The molecule has 1 fully saturated rings. The van der Waals surface area contributed by atoms with Crippen LogP contribution in [0.1, 0.15) is 24.4 Å². The minimum atomic E-state index is -0.771. The van der Waals surface area contributed by atoms with Gasteiger partial charge < -0.3 is 10.1 Å². The second kappa shape index (κ2) is 4.62. The first-order valence-electron chi connectivity index (χ1n) is 5.32. The van der Waals surface area contributed by atoms with E-state index in [1.54, 1.807) is 7.11 Å². The van der Waals surface area contributed by atoms with Crippen molar-refractivity contribution in [2.75, 3.05) is 13.7 Å². The summed E-state index contributed by atoms with van der Waals surface area (Å²) in [5.41, 5.74) is 1.00. The van der Waals surface area contributed by atoms with Crippen LogP contribution in [0.2, 0.25) is 0 Å². The smallest absolute Gasteiger partial charge is 0.120 e. The monoisotopic (exact) mass is 209 g/mol. The van der Waals surface area contributed by atoms with E-state index in [4.69, 9.17) is 4.74 Å². The number of ether oxygens (including phenoxy) is 1. The van der Waals surface area contributed by atoms with Crippen LogP contribution in [0.5, 0.6) is 5.75 Å². The molecule has 1 aromatic carbocycles. The fraction of sp³-hybridized carbons (Fsp3) is 0.500. The van der Waals surface area contributed by atoms with Crippen LogP contribution in [0.25, 0.3) is 0 Å². The highest BCUT2D eigenvalue weighted by Gasteiger charge is 2.25. The summed E-state index contributed by atoms with van der Waals surface area (Å²) in [5, 5.41) is 3.21. The van der Waals surface area contributed by atoms with E-state index >= 15 is 0 Å². The second-order valence-electron chi connectivity index (χ2n) is 3.86. The van der Waals surface area contributed by atoms with E-state index < -0.39 is 6.17 Å². The molecular weight excluding hydrogens is 193 g/mol. The molecule has 2 unspecified atom stereocenters. The lowest BCUT2D eigenvalue weighted by atomic mass is 9.96. The van der Waals surface area contributed by atoms with E-state index in [0.717, 1.165) is 24.3 Å². The largest absolute Gasteiger partial charge is 0.497 e. The Balaban J connectivity index is 2.13. The van der Waals surface area contributed by atoms with Crippen molar-refractivity contribution in [3.63, 3.8) is 0 Å². The van der Waals surface area contributed by atoms with Gasteiger partial charge in [0.1, 0.15) is 11.9 Å². The normalized spacial score (nSPS) is 26.3. The van der Waals surface area contributed by atoms with Crippen LogP contribution in [0, 0.1) is 0 Å². The molecule has 82 valence electrons. The molecule has 0 bridgehead atoms. The maximum atomic E-state index is 13.6. The maximum Gasteiger partial charge on any atom is 0.120 e. The van der Waals surface area contributed by atoms with Gasteiger partial charge in [0, 0.05) is 0 Å². The first-order valence-corrected chi connectivity index (χ1v) is 5.32. The third kappa shape index (κ3) is 2.29. The maximum absolute atomic E-state index is 13.6. The van der Waals surface area contributed by atoms with Gasteiger partial charge in [0.05, 0.1) is 13.2 Å². The van der Waals surface area contributed by atoms with Gasteiger partial charge in [0.25, 0.3) is 0 Å². The van der Waals surface area contributed by atoms with Gasteiger partial charge in [-0.25, -0.2) is 4.39 Å². The van der Waals surface area contributed by atoms with Gasteiger partial charge >= 0.3 is 0 Å². The molecule has 1 saturated heterocycles. The average molecular weight is 209 g/mol. The van der Waals surface area contributed by atoms with Gasteiger partial charge in [0.2, 0.25) is 0 Å². The third-order valence-electron chi connectivity index (χ3n) is 2.86. The summed E-state index contributed by atoms with van der Waals surface area (Å²) < 4.78 is 18.7. The molecular formula is C12H16FNO. The number of hydrogen-bond acceptors (Lipinski definition) is 2. The zero-order chi connectivity index (χ0) is 10.7. The van der Waals surface area contributed by atoms with Gasteiger partial charge in [-0.2, -0.15) is 0 Å². The Labute approximate surface area is 89.4 Å². The van der Waals surface area contributed by atoms with Crippen molar-refractivity contribution < 1.29 is 9.13 Å². The highest BCUT2D eigenvalue weighted by Crippen LogP contribution is 2.27. The Morgan fingerprint density at radius 2 is 2.07 bits per heavy atom. The Morgan fingerprint density at radius 3 is 2.67 bits per heavy atom. The number of nitrogens with one attached hydrogen (secondary N) is 1. The second-order valence-corrected chi connectivity index (χ2v) is 3.86. The van der Waals surface area contributed by atoms with Crippen molar-refractivity contribution in [3.8, 4) is 5.75 Å². The molecule has 2 rings (SSSR count). The average Bonchev–Trinajstić information content (AvgIpc) is 2.30. The van der Waals surface area contributed by atoms with Crippen molar-refractivity contribution >= 4 is 0 Å². The summed E-state index contributed by atoms with van der Waals surface area (Å²) in [6, 6.07) is 7.45. The molecule has 1 aliphatic rings. The zero-order valence-electron chi connectivity index (χ0n) is 8.87. The van der Waals surface area contributed by atoms with Crippen LogP contribution in [0.15, 0.2) is 24.3 Å². The number of rotatable bonds is 2. The number of methoxy groups -OCH3 is 1. The Hall–Kier alpha value is -1.09. The molecule has 0 radical (unpaired) electrons. The number of halogens is 1. The molecule has 0 aromatic heterocycles. The lowest BCUT2D eigenvalue weighted by molar-refractivity contribution is 0.201. The van der Waals surface area contributed by atoms with Crippen molar-refractivity contribution in [3.05, 3.63) is 29.8 Å². The van der Waals surface area contributed by atoms with Crippen LogP contribution in [0.4, 0.5) is 4.39 Å². The molecule has 1 N–H and O–H groups in total. The molecule has 0 spiro atoms. The summed E-state index contributed by atoms with van der Waals surface area (Å²) in [6.07, 6.45) is 0.810. The SMILES string of the molecule is COc1ccc(C2NCCCC2F)cc1. The molecule has 3 heteroatoms. The highest BCUT2D eigenvalue weighted by atomic mass is 19.1. The molecule has 2 atom stereocenters. The van der Waals surface area contributed by atoms with E-state index in [1.165, 1.54) is 0 Å². The van der Waals surface area contributed by atoms with Gasteiger partial charge in [0.15, 0.2) is 0 Å². The van der Waals surface area contributed by atoms with Gasteiger partial charge in [-0.15, -0.1) is 0 Å². The highest BCUT2D eigenvalue weighted by molar-refractivity contribution is 5.29. The minimum Gasteiger partial charge on any atom is -0.497 e. The summed E-state index contributed by atoms with van der Waals surface area (Å²) in [5.74, 6) is 0.810. The molecule has 2 nitrogen and oxygen atoms in total. The quantitative estimate of drug-likeness (QED) is 0.807. The van der Waals surface area contributed by atoms with Crippen molar-refractivity contribution in [1.29, 1.82) is 0 Å². The molecule has 15 heavy (non-hydrogen) atoms. The predicted molar refractivity (Wildman–Crippen MR) is 57.9 cm³/mol. The number of hydrogen-bond donors (Lipinski definition) is 1. The molecule has 1 heterocycles. The Morgan fingerprint density at radius 1 is 1.33 bits per heavy atom. The molecule has 1 aromatic rings. The van der Waals surface area contributed by atoms with Gasteiger partial charge in [-0.1, -0.05) is 12.1 Å². The fourth-order valence-corrected chi connectivity index (χ4v) is 1.99. The topological polar surface area (TPSA) is 21.3 Å². The van der Waals surface area contributed by atoms with E-state index in [2.05, 4.69) is 5.32 Å². The first kappa shape index (κ1) is 10.4. The van der Waals surface area contributed by atoms with Crippen molar-refractivity contribution in [1.82, 2.24) is 5.32 Å².